The number of aromatic nitrogens is 2. The van der Waals surface area contributed by atoms with E-state index in [0.29, 0.717) is 24.2 Å². The minimum atomic E-state index is 0.0297. The van der Waals surface area contributed by atoms with Gasteiger partial charge in [0.1, 0.15) is 0 Å². The van der Waals surface area contributed by atoms with Gasteiger partial charge in [-0.2, -0.15) is 4.98 Å². The Kier molecular flexibility index (Phi) is 6.83. The Morgan fingerprint density at radius 3 is 2.45 bits per heavy atom. The molecule has 1 saturated heterocycles. The molecule has 0 spiro atoms. The minimum Gasteiger partial charge on any atom is -0.338 e. The van der Waals surface area contributed by atoms with E-state index in [1.54, 1.807) is 0 Å². The van der Waals surface area contributed by atoms with E-state index >= 15 is 0 Å². The van der Waals surface area contributed by atoms with Gasteiger partial charge in [-0.15, -0.1) is 0 Å². The van der Waals surface area contributed by atoms with Crippen LogP contribution in [0.5, 0.6) is 0 Å². The van der Waals surface area contributed by atoms with Gasteiger partial charge in [0.2, 0.25) is 17.6 Å². The molecule has 0 radical (unpaired) electrons. The standard InChI is InChI=1S/C24H27BrN4O2/c1-16(2)17-5-9-21(10-6-17)26-24(30)19-11-13-29(14-12-19)15-22-27-23(28-31-22)18-3-7-20(25)8-4-18/h3-10,16,19H,11-15H2,1-2H3,(H,26,30). The second-order valence-corrected chi connectivity index (χ2v) is 9.25. The highest BCUT2D eigenvalue weighted by Gasteiger charge is 2.26. The number of halogens is 1. The summed E-state index contributed by atoms with van der Waals surface area (Å²) in [7, 11) is 0. The van der Waals surface area contributed by atoms with Gasteiger partial charge in [0.05, 0.1) is 6.54 Å². The molecule has 1 amide bonds. The molecule has 31 heavy (non-hydrogen) atoms. The number of piperidine rings is 1. The fourth-order valence-electron chi connectivity index (χ4n) is 3.78. The summed E-state index contributed by atoms with van der Waals surface area (Å²) in [5, 5.41) is 7.16. The number of hydrogen-bond acceptors (Lipinski definition) is 5. The first-order valence-electron chi connectivity index (χ1n) is 10.7. The number of likely N-dealkylation sites (tertiary alicyclic amines) is 1. The van der Waals surface area contributed by atoms with E-state index in [4.69, 9.17) is 4.52 Å². The highest BCUT2D eigenvalue weighted by atomic mass is 79.9. The lowest BCUT2D eigenvalue weighted by Gasteiger charge is -2.30. The lowest BCUT2D eigenvalue weighted by molar-refractivity contribution is -0.121. The van der Waals surface area contributed by atoms with Crippen LogP contribution in [0.2, 0.25) is 0 Å². The molecule has 0 bridgehead atoms. The Balaban J connectivity index is 1.27. The van der Waals surface area contributed by atoms with E-state index in [9.17, 15) is 4.79 Å². The third-order valence-electron chi connectivity index (χ3n) is 5.73. The summed E-state index contributed by atoms with van der Waals surface area (Å²) in [6, 6.07) is 16.0. The largest absolute Gasteiger partial charge is 0.338 e. The number of carbonyl (C=O) groups excluding carboxylic acids is 1. The van der Waals surface area contributed by atoms with Crippen molar-refractivity contribution in [2.75, 3.05) is 18.4 Å². The van der Waals surface area contributed by atoms with Crippen molar-refractivity contribution in [1.29, 1.82) is 0 Å². The summed E-state index contributed by atoms with van der Waals surface area (Å²) in [6.45, 7) is 6.60. The van der Waals surface area contributed by atoms with Crippen LogP contribution < -0.4 is 5.32 Å². The van der Waals surface area contributed by atoms with Crippen molar-refractivity contribution in [3.8, 4) is 11.4 Å². The molecule has 4 rings (SSSR count). The maximum Gasteiger partial charge on any atom is 0.241 e. The van der Waals surface area contributed by atoms with E-state index < -0.39 is 0 Å². The third kappa shape index (κ3) is 5.60. The monoisotopic (exact) mass is 482 g/mol. The molecule has 2 heterocycles. The van der Waals surface area contributed by atoms with Crippen LogP contribution in [0.15, 0.2) is 57.5 Å². The Morgan fingerprint density at radius 1 is 1.13 bits per heavy atom. The average molecular weight is 483 g/mol. The Bertz CT molecular complexity index is 1010. The van der Waals surface area contributed by atoms with E-state index in [-0.39, 0.29) is 11.8 Å². The van der Waals surface area contributed by atoms with Crippen LogP contribution in [-0.4, -0.2) is 34.0 Å². The summed E-state index contributed by atoms with van der Waals surface area (Å²) < 4.78 is 6.45. The van der Waals surface area contributed by atoms with Gasteiger partial charge in [-0.25, -0.2) is 0 Å². The van der Waals surface area contributed by atoms with Crippen LogP contribution in [-0.2, 0) is 11.3 Å². The molecular weight excluding hydrogens is 456 g/mol. The first-order valence-corrected chi connectivity index (χ1v) is 11.5. The summed E-state index contributed by atoms with van der Waals surface area (Å²) in [5.74, 6) is 1.82. The van der Waals surface area contributed by atoms with Crippen molar-refractivity contribution in [2.45, 2.75) is 39.2 Å². The zero-order valence-electron chi connectivity index (χ0n) is 17.8. The molecule has 1 aliphatic heterocycles. The van der Waals surface area contributed by atoms with Gasteiger partial charge in [-0.05, 0) is 73.8 Å². The van der Waals surface area contributed by atoms with Gasteiger partial charge in [0, 0.05) is 21.6 Å². The molecule has 1 N–H and O–H groups in total. The number of benzene rings is 2. The molecule has 0 saturated carbocycles. The second-order valence-electron chi connectivity index (χ2n) is 8.33. The Morgan fingerprint density at radius 2 is 1.81 bits per heavy atom. The zero-order valence-corrected chi connectivity index (χ0v) is 19.4. The van der Waals surface area contributed by atoms with E-state index in [2.05, 4.69) is 62.3 Å². The van der Waals surface area contributed by atoms with Crippen LogP contribution in [0.1, 0.15) is 44.1 Å². The van der Waals surface area contributed by atoms with Gasteiger partial charge >= 0.3 is 0 Å². The molecule has 0 unspecified atom stereocenters. The maximum absolute atomic E-state index is 12.7. The predicted molar refractivity (Wildman–Crippen MR) is 125 cm³/mol. The summed E-state index contributed by atoms with van der Waals surface area (Å²) >= 11 is 3.43. The van der Waals surface area contributed by atoms with Crippen LogP contribution in [0, 0.1) is 5.92 Å². The van der Waals surface area contributed by atoms with Gasteiger partial charge in [0.25, 0.3) is 0 Å². The zero-order chi connectivity index (χ0) is 21.8. The first kappa shape index (κ1) is 21.7. The number of rotatable bonds is 6. The number of hydrogen-bond donors (Lipinski definition) is 1. The summed E-state index contributed by atoms with van der Waals surface area (Å²) in [4.78, 5) is 19.4. The molecule has 1 aliphatic rings. The first-order chi connectivity index (χ1) is 15.0. The Labute approximate surface area is 191 Å². The molecule has 162 valence electrons. The van der Waals surface area contributed by atoms with Crippen molar-refractivity contribution in [1.82, 2.24) is 15.0 Å². The van der Waals surface area contributed by atoms with Crippen molar-refractivity contribution in [3.63, 3.8) is 0 Å². The number of anilines is 1. The van der Waals surface area contributed by atoms with Crippen molar-refractivity contribution in [2.24, 2.45) is 5.92 Å². The number of nitrogens with one attached hydrogen (secondary N) is 1. The third-order valence-corrected chi connectivity index (χ3v) is 6.26. The highest BCUT2D eigenvalue weighted by molar-refractivity contribution is 9.10. The molecule has 1 aromatic heterocycles. The molecule has 0 aliphatic carbocycles. The van der Waals surface area contributed by atoms with E-state index in [0.717, 1.165) is 41.7 Å². The molecule has 6 nitrogen and oxygen atoms in total. The summed E-state index contributed by atoms with van der Waals surface area (Å²) in [5.41, 5.74) is 3.06. The second kappa shape index (κ2) is 9.75. The SMILES string of the molecule is CC(C)c1ccc(NC(=O)C2CCN(Cc3nc(-c4ccc(Br)cc4)no3)CC2)cc1. The van der Waals surface area contributed by atoms with Crippen molar-refractivity contribution >= 4 is 27.5 Å². The normalized spacial score (nSPS) is 15.4. The molecule has 1 fully saturated rings. The maximum atomic E-state index is 12.7. The molecular formula is C24H27BrN4O2. The van der Waals surface area contributed by atoms with Gasteiger partial charge in [0.15, 0.2) is 0 Å². The van der Waals surface area contributed by atoms with E-state index in [1.165, 1.54) is 5.56 Å². The van der Waals surface area contributed by atoms with Gasteiger partial charge < -0.3 is 9.84 Å². The number of nitrogens with zero attached hydrogens (tertiary/aromatic N) is 3. The lowest BCUT2D eigenvalue weighted by Crippen LogP contribution is -2.37. The fourth-order valence-corrected chi connectivity index (χ4v) is 4.04. The summed E-state index contributed by atoms with van der Waals surface area (Å²) in [6.07, 6.45) is 1.65. The molecule has 7 heteroatoms. The highest BCUT2D eigenvalue weighted by Crippen LogP contribution is 2.23. The smallest absolute Gasteiger partial charge is 0.241 e. The lowest BCUT2D eigenvalue weighted by atomic mass is 9.95. The van der Waals surface area contributed by atoms with Crippen molar-refractivity contribution in [3.05, 3.63) is 64.5 Å². The van der Waals surface area contributed by atoms with Crippen molar-refractivity contribution < 1.29 is 9.32 Å². The number of amides is 1. The average Bonchev–Trinajstić information content (AvgIpc) is 3.23. The predicted octanol–water partition coefficient (Wildman–Crippen LogP) is 5.47. The minimum absolute atomic E-state index is 0.0297. The van der Waals surface area contributed by atoms with Crippen LogP contribution >= 0.6 is 15.9 Å². The van der Waals surface area contributed by atoms with Gasteiger partial charge in [-0.3, -0.25) is 9.69 Å². The topological polar surface area (TPSA) is 71.3 Å². The Hall–Kier alpha value is -2.51. The molecule has 0 atom stereocenters. The quantitative estimate of drug-likeness (QED) is 0.503. The van der Waals surface area contributed by atoms with Gasteiger partial charge in [-0.1, -0.05) is 47.1 Å². The van der Waals surface area contributed by atoms with Crippen LogP contribution in [0.4, 0.5) is 5.69 Å². The van der Waals surface area contributed by atoms with Crippen LogP contribution in [0.25, 0.3) is 11.4 Å². The number of carbonyl (C=O) groups is 1. The van der Waals surface area contributed by atoms with Crippen LogP contribution in [0.3, 0.4) is 0 Å². The molecule has 3 aromatic rings. The fraction of sp³-hybridized carbons (Fsp3) is 0.375. The van der Waals surface area contributed by atoms with E-state index in [1.807, 2.05) is 36.4 Å². The molecule has 2 aromatic carbocycles.